The third-order valence-corrected chi connectivity index (χ3v) is 6.66. The molecule has 2 fully saturated rings. The van der Waals surface area contributed by atoms with Crippen molar-refractivity contribution >= 4 is 11.7 Å². The number of carbonyl (C=O) groups excluding carboxylic acids is 1. The van der Waals surface area contributed by atoms with Crippen molar-refractivity contribution in [1.82, 2.24) is 10.2 Å². The van der Waals surface area contributed by atoms with Crippen LogP contribution >= 0.6 is 0 Å². The second-order valence-electron chi connectivity index (χ2n) is 8.63. The van der Waals surface area contributed by atoms with E-state index in [-0.39, 0.29) is 22.9 Å². The van der Waals surface area contributed by atoms with E-state index >= 15 is 0 Å². The van der Waals surface area contributed by atoms with Gasteiger partial charge in [-0.3, -0.25) is 9.80 Å². The fourth-order valence-electron chi connectivity index (χ4n) is 4.91. The van der Waals surface area contributed by atoms with Crippen LogP contribution in [0.4, 0.5) is 23.7 Å². The molecule has 2 aromatic carbocycles. The first-order chi connectivity index (χ1) is 14.6. The van der Waals surface area contributed by atoms with Gasteiger partial charge in [0.15, 0.2) is 0 Å². The van der Waals surface area contributed by atoms with Crippen LogP contribution in [-0.4, -0.2) is 43.5 Å². The van der Waals surface area contributed by atoms with Crippen molar-refractivity contribution in [2.45, 2.75) is 43.1 Å². The van der Waals surface area contributed by atoms with Gasteiger partial charge in [-0.25, -0.2) is 4.79 Å². The van der Waals surface area contributed by atoms with Crippen LogP contribution in [0.2, 0.25) is 0 Å². The van der Waals surface area contributed by atoms with Gasteiger partial charge in [0.05, 0.1) is 12.1 Å². The molecule has 2 aliphatic rings. The van der Waals surface area contributed by atoms with Crippen molar-refractivity contribution in [3.05, 3.63) is 60.2 Å². The first-order valence-corrected chi connectivity index (χ1v) is 10.3. The molecule has 1 N–H and O–H groups in total. The van der Waals surface area contributed by atoms with E-state index < -0.39 is 6.36 Å². The topological polar surface area (TPSA) is 44.8 Å². The fraction of sp³-hybridized carbons (Fsp3) is 0.435. The predicted molar refractivity (Wildman–Crippen MR) is 112 cm³/mol. The third kappa shape index (κ3) is 4.21. The number of nitrogens with zero attached hydrogens (tertiary/aromatic N) is 2. The van der Waals surface area contributed by atoms with Gasteiger partial charge in [-0.1, -0.05) is 30.3 Å². The van der Waals surface area contributed by atoms with Gasteiger partial charge in [-0.2, -0.15) is 0 Å². The van der Waals surface area contributed by atoms with E-state index in [0.717, 1.165) is 25.7 Å². The minimum atomic E-state index is -4.74. The second kappa shape index (κ2) is 7.75. The number of nitrogens with one attached hydrogen (secondary N) is 1. The standard InChI is InChI=1S/C23H26F3N3O2/c1-28(2)22(17-6-4-3-5-7-17)14-12-21(13-15-22)16-29(20(30)27-21)18-8-10-19(11-9-18)31-23(24,25)26/h3-11H,12-16H2,1-2H3,(H,27,30)/t21-,22+. The number of carbonyl (C=O) groups is 1. The Morgan fingerprint density at radius 1 is 0.968 bits per heavy atom. The molecule has 0 radical (unpaired) electrons. The number of halogens is 3. The van der Waals surface area contributed by atoms with Crippen LogP contribution in [0.3, 0.4) is 0 Å². The Morgan fingerprint density at radius 3 is 2.13 bits per heavy atom. The Kier molecular flexibility index (Phi) is 5.37. The van der Waals surface area contributed by atoms with Crippen LogP contribution in [0.1, 0.15) is 31.2 Å². The van der Waals surface area contributed by atoms with E-state index in [4.69, 9.17) is 0 Å². The van der Waals surface area contributed by atoms with Crippen LogP contribution in [0.25, 0.3) is 0 Å². The van der Waals surface area contributed by atoms with Crippen molar-refractivity contribution < 1.29 is 22.7 Å². The van der Waals surface area contributed by atoms with E-state index in [1.54, 1.807) is 4.90 Å². The molecule has 1 aliphatic carbocycles. The lowest BCUT2D eigenvalue weighted by atomic mass is 9.69. The molecule has 0 atom stereocenters. The Hall–Kier alpha value is -2.74. The summed E-state index contributed by atoms with van der Waals surface area (Å²) in [5, 5.41) is 3.16. The summed E-state index contributed by atoms with van der Waals surface area (Å²) >= 11 is 0. The van der Waals surface area contributed by atoms with Crippen molar-refractivity contribution in [2.24, 2.45) is 0 Å². The molecule has 0 unspecified atom stereocenters. The van der Waals surface area contributed by atoms with Crippen molar-refractivity contribution in [1.29, 1.82) is 0 Å². The van der Waals surface area contributed by atoms with Gasteiger partial charge in [0.1, 0.15) is 5.75 Å². The van der Waals surface area contributed by atoms with Crippen LogP contribution in [0.15, 0.2) is 54.6 Å². The number of hydrogen-bond donors (Lipinski definition) is 1. The Morgan fingerprint density at radius 2 is 1.58 bits per heavy atom. The Bertz CT molecular complexity index is 921. The molecule has 1 saturated heterocycles. The highest BCUT2D eigenvalue weighted by molar-refractivity contribution is 5.95. The van der Waals surface area contributed by atoms with Gasteiger partial charge >= 0.3 is 12.4 Å². The molecule has 1 aliphatic heterocycles. The van der Waals surface area contributed by atoms with Gasteiger partial charge in [-0.05, 0) is 69.6 Å². The zero-order valence-electron chi connectivity index (χ0n) is 17.6. The SMILES string of the molecule is CN(C)[C@]1(c2ccccc2)CC[C@]2(CC1)CN(c1ccc(OC(F)(F)F)cc1)C(=O)N2. The molecule has 8 heteroatoms. The molecule has 4 rings (SSSR count). The Balaban J connectivity index is 1.48. The van der Waals surface area contributed by atoms with Crippen LogP contribution < -0.4 is 15.0 Å². The van der Waals surface area contributed by atoms with Gasteiger partial charge in [0.2, 0.25) is 0 Å². The van der Waals surface area contributed by atoms with Crippen LogP contribution in [0.5, 0.6) is 5.75 Å². The number of benzene rings is 2. The monoisotopic (exact) mass is 433 g/mol. The molecule has 1 spiro atoms. The molecule has 0 bridgehead atoms. The fourth-order valence-corrected chi connectivity index (χ4v) is 4.91. The average molecular weight is 433 g/mol. The van der Waals surface area contributed by atoms with Gasteiger partial charge in [-0.15, -0.1) is 13.2 Å². The maximum Gasteiger partial charge on any atom is 0.573 e. The third-order valence-electron chi connectivity index (χ3n) is 6.66. The summed E-state index contributed by atoms with van der Waals surface area (Å²) in [5.74, 6) is -0.304. The maximum atomic E-state index is 12.7. The number of hydrogen-bond acceptors (Lipinski definition) is 3. The maximum absolute atomic E-state index is 12.7. The van der Waals surface area contributed by atoms with E-state index in [2.05, 4.69) is 53.3 Å². The minimum Gasteiger partial charge on any atom is -0.406 e. The molecule has 1 heterocycles. The quantitative estimate of drug-likeness (QED) is 0.747. The van der Waals surface area contributed by atoms with E-state index in [1.807, 2.05) is 6.07 Å². The van der Waals surface area contributed by atoms with Gasteiger partial charge in [0.25, 0.3) is 0 Å². The van der Waals surface area contributed by atoms with Crippen molar-refractivity contribution in [3.8, 4) is 5.75 Å². The summed E-state index contributed by atoms with van der Waals surface area (Å²) in [7, 11) is 4.18. The summed E-state index contributed by atoms with van der Waals surface area (Å²) < 4.78 is 41.1. The molecule has 1 saturated carbocycles. The average Bonchev–Trinajstić information content (AvgIpc) is 3.04. The number of rotatable bonds is 4. The molecule has 31 heavy (non-hydrogen) atoms. The van der Waals surface area contributed by atoms with E-state index in [9.17, 15) is 18.0 Å². The molecular formula is C23H26F3N3O2. The lowest BCUT2D eigenvalue weighted by Crippen LogP contribution is -2.54. The molecule has 5 nitrogen and oxygen atoms in total. The molecule has 2 aromatic rings. The zero-order valence-corrected chi connectivity index (χ0v) is 17.6. The molecule has 0 aromatic heterocycles. The second-order valence-corrected chi connectivity index (χ2v) is 8.63. The van der Waals surface area contributed by atoms with Gasteiger partial charge < -0.3 is 10.1 Å². The highest BCUT2D eigenvalue weighted by Gasteiger charge is 2.50. The highest BCUT2D eigenvalue weighted by atomic mass is 19.4. The predicted octanol–water partition coefficient (Wildman–Crippen LogP) is 4.88. The van der Waals surface area contributed by atoms with E-state index in [1.165, 1.54) is 29.8 Å². The minimum absolute atomic E-state index is 0.0821. The summed E-state index contributed by atoms with van der Waals surface area (Å²) in [4.78, 5) is 16.6. The smallest absolute Gasteiger partial charge is 0.406 e. The Labute approximate surface area is 179 Å². The summed E-state index contributed by atoms with van der Waals surface area (Å²) in [6.45, 7) is 0.490. The number of ether oxygens (including phenoxy) is 1. The van der Waals surface area contributed by atoms with Gasteiger partial charge in [0, 0.05) is 11.2 Å². The first-order valence-electron chi connectivity index (χ1n) is 10.3. The molecule has 2 amide bonds. The largest absolute Gasteiger partial charge is 0.573 e. The normalized spacial score (nSPS) is 26.4. The number of amides is 2. The first kappa shape index (κ1) is 21.5. The molecule has 166 valence electrons. The number of alkyl halides is 3. The summed E-state index contributed by atoms with van der Waals surface area (Å²) in [6.07, 6.45) is -1.31. The van der Waals surface area contributed by atoms with E-state index in [0.29, 0.717) is 12.2 Å². The zero-order chi connectivity index (χ0) is 22.3. The van der Waals surface area contributed by atoms with Crippen molar-refractivity contribution in [2.75, 3.05) is 25.5 Å². The molecular weight excluding hydrogens is 407 g/mol. The highest BCUT2D eigenvalue weighted by Crippen LogP contribution is 2.46. The lowest BCUT2D eigenvalue weighted by molar-refractivity contribution is -0.274. The lowest BCUT2D eigenvalue weighted by Gasteiger charge is -2.48. The number of urea groups is 1. The summed E-state index contributed by atoms with van der Waals surface area (Å²) in [5.41, 5.74) is 1.40. The van der Waals surface area contributed by atoms with Crippen LogP contribution in [0, 0.1) is 0 Å². The number of anilines is 1. The van der Waals surface area contributed by atoms with Crippen molar-refractivity contribution in [3.63, 3.8) is 0 Å². The van der Waals surface area contributed by atoms with Crippen LogP contribution in [-0.2, 0) is 5.54 Å². The summed E-state index contributed by atoms with van der Waals surface area (Å²) in [6, 6.07) is 15.6.